The Morgan fingerprint density at radius 2 is 2.04 bits per heavy atom. The van der Waals surface area contributed by atoms with Gasteiger partial charge in [-0.2, -0.15) is 0 Å². The number of benzene rings is 1. The molecule has 0 saturated carbocycles. The van der Waals surface area contributed by atoms with Crippen LogP contribution in [-0.2, 0) is 11.3 Å². The van der Waals surface area contributed by atoms with Crippen molar-refractivity contribution in [2.24, 2.45) is 0 Å². The summed E-state index contributed by atoms with van der Waals surface area (Å²) in [5, 5.41) is 1.18. The van der Waals surface area contributed by atoms with Crippen LogP contribution in [0.3, 0.4) is 0 Å². The molecule has 3 aromatic rings. The van der Waals surface area contributed by atoms with Crippen molar-refractivity contribution in [3.05, 3.63) is 65.1 Å². The molecule has 3 heterocycles. The molecule has 2 atom stereocenters. The van der Waals surface area contributed by atoms with Gasteiger partial charge in [0, 0.05) is 18.2 Å². The Bertz CT molecular complexity index is 893. The molecule has 1 fully saturated rings. The van der Waals surface area contributed by atoms with Crippen LogP contribution in [0.2, 0.25) is 5.15 Å². The normalized spacial score (nSPS) is 20.2. The van der Waals surface area contributed by atoms with E-state index in [1.54, 1.807) is 6.20 Å². The summed E-state index contributed by atoms with van der Waals surface area (Å²) in [6.45, 7) is 3.28. The Morgan fingerprint density at radius 3 is 2.81 bits per heavy atom. The third kappa shape index (κ3) is 3.67. The highest BCUT2D eigenvalue weighted by molar-refractivity contribution is 6.34. The van der Waals surface area contributed by atoms with E-state index in [0.717, 1.165) is 40.8 Å². The van der Waals surface area contributed by atoms with Crippen molar-refractivity contribution in [1.82, 2.24) is 9.97 Å². The molecule has 0 bridgehead atoms. The van der Waals surface area contributed by atoms with E-state index in [-0.39, 0.29) is 5.92 Å². The standard InChI is InChI=1S/C21H21ClN2O2/c1-14-7-8-16(13-25-14)18-11-19(26-12-15-5-3-2-4-6-15)20-17(24-18)9-10-23-21(20)22/h2-6,9-11,14,16H,7-8,12-13H2,1H3. The summed E-state index contributed by atoms with van der Waals surface area (Å²) >= 11 is 6.35. The maximum Gasteiger partial charge on any atom is 0.142 e. The summed E-state index contributed by atoms with van der Waals surface area (Å²) in [4.78, 5) is 9.01. The molecule has 134 valence electrons. The van der Waals surface area contributed by atoms with E-state index in [0.29, 0.717) is 24.5 Å². The van der Waals surface area contributed by atoms with Gasteiger partial charge in [0.05, 0.1) is 29.3 Å². The molecule has 4 rings (SSSR count). The van der Waals surface area contributed by atoms with Gasteiger partial charge in [-0.05, 0) is 31.4 Å². The zero-order chi connectivity index (χ0) is 17.9. The van der Waals surface area contributed by atoms with Crippen molar-refractivity contribution in [1.29, 1.82) is 0 Å². The minimum Gasteiger partial charge on any atom is -0.488 e. The van der Waals surface area contributed by atoms with E-state index < -0.39 is 0 Å². The summed E-state index contributed by atoms with van der Waals surface area (Å²) in [6, 6.07) is 14.0. The summed E-state index contributed by atoms with van der Waals surface area (Å²) in [5.41, 5.74) is 2.91. The van der Waals surface area contributed by atoms with Gasteiger partial charge in [0.2, 0.25) is 0 Å². The third-order valence-corrected chi connectivity index (χ3v) is 5.10. The van der Waals surface area contributed by atoms with Gasteiger partial charge in [-0.25, -0.2) is 4.98 Å². The molecule has 0 spiro atoms. The fraction of sp³-hybridized carbons (Fsp3) is 0.333. The number of pyridine rings is 2. The second-order valence-electron chi connectivity index (χ2n) is 6.73. The van der Waals surface area contributed by atoms with Crippen LogP contribution in [0.1, 0.15) is 36.9 Å². The monoisotopic (exact) mass is 368 g/mol. The van der Waals surface area contributed by atoms with Gasteiger partial charge in [0.25, 0.3) is 0 Å². The van der Waals surface area contributed by atoms with Gasteiger partial charge in [-0.15, -0.1) is 0 Å². The lowest BCUT2D eigenvalue weighted by molar-refractivity contribution is 0.0147. The predicted molar refractivity (Wildman–Crippen MR) is 103 cm³/mol. The van der Waals surface area contributed by atoms with Crippen LogP contribution in [-0.4, -0.2) is 22.7 Å². The molecule has 2 unspecified atom stereocenters. The predicted octanol–water partition coefficient (Wildman–Crippen LogP) is 5.14. The first-order chi connectivity index (χ1) is 12.7. The number of hydrogen-bond donors (Lipinski definition) is 0. The molecule has 0 aliphatic carbocycles. The molecule has 0 amide bonds. The molecular formula is C21H21ClN2O2. The Kier molecular flexibility index (Phi) is 5.05. The van der Waals surface area contributed by atoms with E-state index in [2.05, 4.69) is 11.9 Å². The van der Waals surface area contributed by atoms with Crippen LogP contribution < -0.4 is 4.74 Å². The Morgan fingerprint density at radius 1 is 1.19 bits per heavy atom. The van der Waals surface area contributed by atoms with Crippen molar-refractivity contribution < 1.29 is 9.47 Å². The highest BCUT2D eigenvalue weighted by Crippen LogP contribution is 2.35. The number of nitrogens with zero attached hydrogens (tertiary/aromatic N) is 2. The summed E-state index contributed by atoms with van der Waals surface area (Å²) in [5.74, 6) is 1.01. The number of ether oxygens (including phenoxy) is 2. The van der Waals surface area contributed by atoms with Gasteiger partial charge < -0.3 is 9.47 Å². The molecule has 5 heteroatoms. The molecule has 1 aromatic carbocycles. The number of halogens is 1. The highest BCUT2D eigenvalue weighted by Gasteiger charge is 2.23. The van der Waals surface area contributed by atoms with E-state index in [1.165, 1.54) is 0 Å². The molecule has 0 radical (unpaired) electrons. The minimum atomic E-state index is 0.279. The van der Waals surface area contributed by atoms with Gasteiger partial charge in [0.15, 0.2) is 0 Å². The van der Waals surface area contributed by atoms with Gasteiger partial charge in [-0.3, -0.25) is 4.98 Å². The Labute approximate surface area is 158 Å². The lowest BCUT2D eigenvalue weighted by Gasteiger charge is -2.27. The lowest BCUT2D eigenvalue weighted by atomic mass is 9.95. The molecule has 4 nitrogen and oxygen atoms in total. The number of rotatable bonds is 4. The zero-order valence-corrected chi connectivity index (χ0v) is 15.4. The quantitative estimate of drug-likeness (QED) is 0.598. The van der Waals surface area contributed by atoms with Crippen molar-refractivity contribution in [3.63, 3.8) is 0 Å². The summed E-state index contributed by atoms with van der Waals surface area (Å²) in [7, 11) is 0. The number of fused-ring (bicyclic) bond motifs is 1. The maximum absolute atomic E-state index is 6.35. The molecule has 2 aromatic heterocycles. The van der Waals surface area contributed by atoms with Crippen LogP contribution in [0.15, 0.2) is 48.7 Å². The van der Waals surface area contributed by atoms with E-state index in [1.807, 2.05) is 42.5 Å². The van der Waals surface area contributed by atoms with Crippen LogP contribution in [0.5, 0.6) is 5.75 Å². The minimum absolute atomic E-state index is 0.279. The van der Waals surface area contributed by atoms with Crippen molar-refractivity contribution in [3.8, 4) is 5.75 Å². The average molecular weight is 369 g/mol. The fourth-order valence-corrected chi connectivity index (χ4v) is 3.55. The smallest absolute Gasteiger partial charge is 0.142 e. The van der Waals surface area contributed by atoms with Crippen molar-refractivity contribution in [2.45, 2.75) is 38.4 Å². The molecular weight excluding hydrogens is 348 g/mol. The molecule has 0 N–H and O–H groups in total. The SMILES string of the molecule is CC1CCC(c2cc(OCc3ccccc3)c3c(Cl)nccc3n2)CO1. The third-order valence-electron chi connectivity index (χ3n) is 4.82. The Hall–Kier alpha value is -2.17. The molecule has 1 aliphatic heterocycles. The first-order valence-electron chi connectivity index (χ1n) is 8.94. The fourth-order valence-electron chi connectivity index (χ4n) is 3.30. The van der Waals surface area contributed by atoms with Crippen molar-refractivity contribution >= 4 is 22.5 Å². The topological polar surface area (TPSA) is 44.2 Å². The van der Waals surface area contributed by atoms with Crippen LogP contribution in [0, 0.1) is 0 Å². The number of hydrogen-bond acceptors (Lipinski definition) is 4. The van der Waals surface area contributed by atoms with Gasteiger partial charge >= 0.3 is 0 Å². The second-order valence-corrected chi connectivity index (χ2v) is 7.09. The van der Waals surface area contributed by atoms with E-state index in [9.17, 15) is 0 Å². The van der Waals surface area contributed by atoms with Crippen LogP contribution in [0.25, 0.3) is 10.9 Å². The second kappa shape index (κ2) is 7.60. The zero-order valence-electron chi connectivity index (χ0n) is 14.7. The van der Waals surface area contributed by atoms with E-state index in [4.69, 9.17) is 26.1 Å². The molecule has 1 saturated heterocycles. The largest absolute Gasteiger partial charge is 0.488 e. The van der Waals surface area contributed by atoms with E-state index >= 15 is 0 Å². The van der Waals surface area contributed by atoms with Crippen LogP contribution >= 0.6 is 11.6 Å². The first-order valence-corrected chi connectivity index (χ1v) is 9.32. The van der Waals surface area contributed by atoms with Gasteiger partial charge in [-0.1, -0.05) is 41.9 Å². The molecule has 26 heavy (non-hydrogen) atoms. The summed E-state index contributed by atoms with van der Waals surface area (Å²) < 4.78 is 12.0. The Balaban J connectivity index is 1.69. The number of aromatic nitrogens is 2. The van der Waals surface area contributed by atoms with Crippen LogP contribution in [0.4, 0.5) is 0 Å². The average Bonchev–Trinajstić information content (AvgIpc) is 2.67. The highest BCUT2D eigenvalue weighted by atomic mass is 35.5. The lowest BCUT2D eigenvalue weighted by Crippen LogP contribution is -2.22. The summed E-state index contributed by atoms with van der Waals surface area (Å²) in [6.07, 6.45) is 4.11. The van der Waals surface area contributed by atoms with Gasteiger partial charge in [0.1, 0.15) is 17.5 Å². The first kappa shape index (κ1) is 17.3. The molecule has 1 aliphatic rings. The van der Waals surface area contributed by atoms with Crippen molar-refractivity contribution in [2.75, 3.05) is 6.61 Å². The maximum atomic E-state index is 6.35.